The molecule has 1 saturated heterocycles. The molecule has 6 nitrogen and oxygen atoms in total. The summed E-state index contributed by atoms with van der Waals surface area (Å²) in [6.07, 6.45) is 3.67. The van der Waals surface area contributed by atoms with Crippen molar-refractivity contribution in [2.45, 2.75) is 18.8 Å². The van der Waals surface area contributed by atoms with Gasteiger partial charge in [-0.05, 0) is 18.6 Å². The third-order valence-electron chi connectivity index (χ3n) is 3.92. The van der Waals surface area contributed by atoms with Crippen LogP contribution < -0.4 is 10.6 Å². The summed E-state index contributed by atoms with van der Waals surface area (Å²) in [5.74, 6) is 1.50. The fourth-order valence-corrected chi connectivity index (χ4v) is 2.59. The van der Waals surface area contributed by atoms with Crippen molar-refractivity contribution in [3.05, 3.63) is 41.9 Å². The first-order valence-corrected chi connectivity index (χ1v) is 7.55. The lowest BCUT2D eigenvalue weighted by atomic mass is 10.0. The summed E-state index contributed by atoms with van der Waals surface area (Å²) >= 11 is 0. The number of pyridine rings is 1. The number of rotatable bonds is 5. The van der Waals surface area contributed by atoms with Crippen LogP contribution in [0.2, 0.25) is 0 Å². The van der Waals surface area contributed by atoms with Crippen molar-refractivity contribution in [1.82, 2.24) is 15.0 Å². The Labute approximate surface area is 130 Å². The highest BCUT2D eigenvalue weighted by Crippen LogP contribution is 2.26. The SMILES string of the molecule is CN(CCc1ccccn1)c1cc(C2CCOC2)nc(N)n1. The molecular formula is C16H21N5O. The maximum absolute atomic E-state index is 5.87. The van der Waals surface area contributed by atoms with Gasteiger partial charge in [0.25, 0.3) is 0 Å². The van der Waals surface area contributed by atoms with Crippen LogP contribution in [-0.2, 0) is 11.2 Å². The van der Waals surface area contributed by atoms with Crippen LogP contribution in [0.1, 0.15) is 23.7 Å². The second-order valence-electron chi connectivity index (χ2n) is 5.56. The molecule has 1 atom stereocenters. The lowest BCUT2D eigenvalue weighted by Gasteiger charge is -2.19. The van der Waals surface area contributed by atoms with Crippen LogP contribution >= 0.6 is 0 Å². The molecule has 6 heteroatoms. The van der Waals surface area contributed by atoms with E-state index >= 15 is 0 Å². The summed E-state index contributed by atoms with van der Waals surface area (Å²) in [4.78, 5) is 15.1. The lowest BCUT2D eigenvalue weighted by Crippen LogP contribution is -2.23. The minimum absolute atomic E-state index is 0.323. The molecule has 2 aromatic rings. The number of nitrogen functional groups attached to an aromatic ring is 1. The van der Waals surface area contributed by atoms with Crippen LogP contribution in [0.25, 0.3) is 0 Å². The number of nitrogens with zero attached hydrogens (tertiary/aromatic N) is 4. The Bertz CT molecular complexity index is 613. The highest BCUT2D eigenvalue weighted by molar-refractivity contribution is 5.43. The van der Waals surface area contributed by atoms with Gasteiger partial charge in [0.1, 0.15) is 5.82 Å². The van der Waals surface area contributed by atoms with E-state index in [1.165, 1.54) is 0 Å². The van der Waals surface area contributed by atoms with Gasteiger partial charge in [0.2, 0.25) is 5.95 Å². The monoisotopic (exact) mass is 299 g/mol. The summed E-state index contributed by atoms with van der Waals surface area (Å²) in [6, 6.07) is 7.98. The molecule has 2 N–H and O–H groups in total. The summed E-state index contributed by atoms with van der Waals surface area (Å²) < 4.78 is 5.43. The molecule has 3 rings (SSSR count). The molecule has 0 aromatic carbocycles. The van der Waals surface area contributed by atoms with Gasteiger partial charge in [-0.15, -0.1) is 0 Å². The first kappa shape index (κ1) is 14.7. The van der Waals surface area contributed by atoms with E-state index in [0.717, 1.165) is 43.2 Å². The Kier molecular flexibility index (Phi) is 4.48. The molecule has 0 spiro atoms. The zero-order chi connectivity index (χ0) is 15.4. The van der Waals surface area contributed by atoms with Crippen LogP contribution in [0, 0.1) is 0 Å². The largest absolute Gasteiger partial charge is 0.381 e. The van der Waals surface area contributed by atoms with Gasteiger partial charge >= 0.3 is 0 Å². The van der Waals surface area contributed by atoms with Crippen LogP contribution in [0.15, 0.2) is 30.5 Å². The highest BCUT2D eigenvalue weighted by atomic mass is 16.5. The number of likely N-dealkylation sites (N-methyl/N-ethyl adjacent to an activating group) is 1. The smallest absolute Gasteiger partial charge is 0.222 e. The fraction of sp³-hybridized carbons (Fsp3) is 0.438. The molecule has 1 aliphatic rings. The summed E-state index contributed by atoms with van der Waals surface area (Å²) in [5.41, 5.74) is 7.92. The Morgan fingerprint density at radius 2 is 2.27 bits per heavy atom. The zero-order valence-corrected chi connectivity index (χ0v) is 12.8. The van der Waals surface area contributed by atoms with Gasteiger partial charge < -0.3 is 15.4 Å². The average Bonchev–Trinajstić information content (AvgIpc) is 3.07. The Morgan fingerprint density at radius 1 is 1.36 bits per heavy atom. The van der Waals surface area contributed by atoms with Gasteiger partial charge in [0.05, 0.1) is 12.3 Å². The summed E-state index contributed by atoms with van der Waals surface area (Å²) in [5, 5.41) is 0. The molecule has 0 saturated carbocycles. The van der Waals surface area contributed by atoms with E-state index in [-0.39, 0.29) is 0 Å². The quantitative estimate of drug-likeness (QED) is 0.904. The van der Waals surface area contributed by atoms with Gasteiger partial charge in [-0.2, -0.15) is 4.98 Å². The van der Waals surface area contributed by atoms with Gasteiger partial charge in [0, 0.05) is 50.5 Å². The van der Waals surface area contributed by atoms with Crippen LogP contribution in [-0.4, -0.2) is 41.8 Å². The third kappa shape index (κ3) is 3.51. The van der Waals surface area contributed by atoms with E-state index in [1.807, 2.05) is 37.5 Å². The minimum Gasteiger partial charge on any atom is -0.381 e. The van der Waals surface area contributed by atoms with Crippen LogP contribution in [0.5, 0.6) is 0 Å². The van der Waals surface area contributed by atoms with Crippen molar-refractivity contribution in [3.63, 3.8) is 0 Å². The third-order valence-corrected chi connectivity index (χ3v) is 3.92. The van der Waals surface area contributed by atoms with Crippen molar-refractivity contribution in [2.24, 2.45) is 0 Å². The number of aromatic nitrogens is 3. The predicted octanol–water partition coefficient (Wildman–Crippen LogP) is 1.64. The predicted molar refractivity (Wildman–Crippen MR) is 85.8 cm³/mol. The molecule has 2 aromatic heterocycles. The standard InChI is InChI=1S/C16H21N5O/c1-21(8-5-13-4-2-3-7-18-13)15-10-14(19-16(17)20-15)12-6-9-22-11-12/h2-4,7,10,12H,5-6,8-9,11H2,1H3,(H2,17,19,20). The van der Waals surface area contributed by atoms with Crippen molar-refractivity contribution < 1.29 is 4.74 Å². The van der Waals surface area contributed by atoms with Crippen molar-refractivity contribution in [2.75, 3.05) is 37.4 Å². The molecule has 0 radical (unpaired) electrons. The summed E-state index contributed by atoms with van der Waals surface area (Å²) in [7, 11) is 2.01. The molecule has 0 bridgehead atoms. The Hall–Kier alpha value is -2.21. The van der Waals surface area contributed by atoms with Crippen LogP contribution in [0.3, 0.4) is 0 Å². The van der Waals surface area contributed by atoms with E-state index in [0.29, 0.717) is 18.5 Å². The summed E-state index contributed by atoms with van der Waals surface area (Å²) in [6.45, 7) is 2.33. The van der Waals surface area contributed by atoms with Crippen LogP contribution in [0.4, 0.5) is 11.8 Å². The second kappa shape index (κ2) is 6.70. The van der Waals surface area contributed by atoms with Gasteiger partial charge in [0.15, 0.2) is 0 Å². The average molecular weight is 299 g/mol. The number of hydrogen-bond acceptors (Lipinski definition) is 6. The molecule has 116 valence electrons. The number of ether oxygens (including phenoxy) is 1. The number of nitrogens with two attached hydrogens (primary N) is 1. The zero-order valence-electron chi connectivity index (χ0n) is 12.8. The number of anilines is 2. The van der Waals surface area contributed by atoms with Gasteiger partial charge in [-0.1, -0.05) is 6.07 Å². The highest BCUT2D eigenvalue weighted by Gasteiger charge is 2.21. The number of hydrogen-bond donors (Lipinski definition) is 1. The van der Waals surface area contributed by atoms with Gasteiger partial charge in [-0.25, -0.2) is 4.98 Å². The molecular weight excluding hydrogens is 278 g/mol. The fourth-order valence-electron chi connectivity index (χ4n) is 2.59. The Morgan fingerprint density at radius 3 is 3.00 bits per heavy atom. The molecule has 22 heavy (non-hydrogen) atoms. The Balaban J connectivity index is 1.70. The van der Waals surface area contributed by atoms with Crippen molar-refractivity contribution in [1.29, 1.82) is 0 Å². The maximum atomic E-state index is 5.87. The van der Waals surface area contributed by atoms with E-state index in [2.05, 4.69) is 19.9 Å². The molecule has 0 amide bonds. The molecule has 1 fully saturated rings. The molecule has 0 aliphatic carbocycles. The second-order valence-corrected chi connectivity index (χ2v) is 5.56. The van der Waals surface area contributed by atoms with E-state index in [4.69, 9.17) is 10.5 Å². The molecule has 1 aliphatic heterocycles. The lowest BCUT2D eigenvalue weighted by molar-refractivity contribution is 0.193. The van der Waals surface area contributed by atoms with Crippen molar-refractivity contribution >= 4 is 11.8 Å². The minimum atomic E-state index is 0.323. The molecule has 1 unspecified atom stereocenters. The first-order valence-electron chi connectivity index (χ1n) is 7.55. The molecule has 3 heterocycles. The van der Waals surface area contributed by atoms with Gasteiger partial charge in [-0.3, -0.25) is 4.98 Å². The topological polar surface area (TPSA) is 77.2 Å². The van der Waals surface area contributed by atoms with Crippen molar-refractivity contribution in [3.8, 4) is 0 Å². The van der Waals surface area contributed by atoms with E-state index in [9.17, 15) is 0 Å². The first-order chi connectivity index (χ1) is 10.7. The normalized spacial score (nSPS) is 17.6. The maximum Gasteiger partial charge on any atom is 0.222 e. The van der Waals surface area contributed by atoms with E-state index < -0.39 is 0 Å². The van der Waals surface area contributed by atoms with E-state index in [1.54, 1.807) is 0 Å².